The molecule has 8 nitrogen and oxygen atoms in total. The number of amides is 1. The lowest BCUT2D eigenvalue weighted by atomic mass is 10.0. The van der Waals surface area contributed by atoms with E-state index in [9.17, 15) is 4.79 Å². The van der Waals surface area contributed by atoms with E-state index in [1.165, 1.54) is 0 Å². The third-order valence-electron chi connectivity index (χ3n) is 5.59. The van der Waals surface area contributed by atoms with Crippen LogP contribution in [0.15, 0.2) is 42.6 Å². The Labute approximate surface area is 201 Å². The van der Waals surface area contributed by atoms with Crippen molar-refractivity contribution in [2.45, 2.75) is 26.3 Å². The van der Waals surface area contributed by atoms with Crippen LogP contribution in [-0.2, 0) is 17.8 Å². The number of H-pyrrole nitrogens is 1. The van der Waals surface area contributed by atoms with Crippen molar-refractivity contribution in [3.05, 3.63) is 59.4 Å². The largest absolute Gasteiger partial charge is 0.497 e. The minimum Gasteiger partial charge on any atom is -0.497 e. The van der Waals surface area contributed by atoms with Crippen molar-refractivity contribution in [2.24, 2.45) is 0 Å². The smallest absolute Gasteiger partial charge is 0.224 e. The van der Waals surface area contributed by atoms with E-state index in [4.69, 9.17) is 9.47 Å². The lowest BCUT2D eigenvalue weighted by Gasteiger charge is -2.16. The van der Waals surface area contributed by atoms with Crippen molar-refractivity contribution in [2.75, 3.05) is 46.7 Å². The minimum atomic E-state index is -0.0667. The number of aromatic amines is 1. The van der Waals surface area contributed by atoms with E-state index < -0.39 is 0 Å². The first-order valence-corrected chi connectivity index (χ1v) is 11.4. The number of aryl methyl sites for hydroxylation is 2. The molecule has 1 amide bonds. The molecule has 3 rings (SSSR count). The number of ether oxygens (including phenoxy) is 2. The highest BCUT2D eigenvalue weighted by molar-refractivity contribution is 5.93. The van der Waals surface area contributed by atoms with Crippen molar-refractivity contribution >= 4 is 11.6 Å². The first-order chi connectivity index (χ1) is 16.4. The fraction of sp³-hybridized carbons (Fsp3) is 0.385. The van der Waals surface area contributed by atoms with E-state index in [-0.39, 0.29) is 5.91 Å². The number of anilines is 1. The number of methoxy groups -OCH3 is 1. The Morgan fingerprint density at radius 2 is 1.97 bits per heavy atom. The van der Waals surface area contributed by atoms with Crippen molar-refractivity contribution in [3.63, 3.8) is 0 Å². The fourth-order valence-corrected chi connectivity index (χ4v) is 3.68. The molecule has 0 radical (unpaired) electrons. The molecule has 0 spiro atoms. The van der Waals surface area contributed by atoms with Gasteiger partial charge in [-0.05, 0) is 75.4 Å². The molecule has 0 saturated carbocycles. The third-order valence-corrected chi connectivity index (χ3v) is 5.59. The van der Waals surface area contributed by atoms with Crippen molar-refractivity contribution in [3.8, 4) is 22.6 Å². The number of aromatic nitrogens is 2. The summed E-state index contributed by atoms with van der Waals surface area (Å²) in [5.41, 5.74) is 5.88. The van der Waals surface area contributed by atoms with Crippen LogP contribution in [0.5, 0.6) is 11.5 Å². The molecule has 0 bridgehead atoms. The van der Waals surface area contributed by atoms with Crippen LogP contribution < -0.4 is 20.1 Å². The van der Waals surface area contributed by atoms with Crippen LogP contribution >= 0.6 is 0 Å². The number of hydrogen-bond acceptors (Lipinski definition) is 6. The summed E-state index contributed by atoms with van der Waals surface area (Å²) in [5.74, 6) is 1.37. The maximum atomic E-state index is 12.9. The van der Waals surface area contributed by atoms with Crippen molar-refractivity contribution < 1.29 is 14.3 Å². The van der Waals surface area contributed by atoms with Crippen LogP contribution in [0.2, 0.25) is 0 Å². The summed E-state index contributed by atoms with van der Waals surface area (Å²) in [7, 11) is 7.56. The average molecular weight is 466 g/mol. The number of nitrogens with one attached hydrogen (secondary N) is 3. The van der Waals surface area contributed by atoms with E-state index in [0.29, 0.717) is 30.9 Å². The zero-order valence-electron chi connectivity index (χ0n) is 20.7. The van der Waals surface area contributed by atoms with Gasteiger partial charge in [0.25, 0.3) is 0 Å². The van der Waals surface area contributed by atoms with Crippen LogP contribution in [0.1, 0.15) is 23.2 Å². The molecular formula is C26H35N5O3. The van der Waals surface area contributed by atoms with Gasteiger partial charge in [0.15, 0.2) is 0 Å². The molecule has 0 unspecified atom stereocenters. The molecule has 0 aliphatic heterocycles. The molecule has 3 aromatic rings. The molecule has 2 aromatic carbocycles. The summed E-state index contributed by atoms with van der Waals surface area (Å²) >= 11 is 0. The summed E-state index contributed by atoms with van der Waals surface area (Å²) in [6, 6.07) is 11.8. The second-order valence-corrected chi connectivity index (χ2v) is 8.48. The number of benzene rings is 2. The first kappa shape index (κ1) is 25.3. The summed E-state index contributed by atoms with van der Waals surface area (Å²) < 4.78 is 11.4. The number of hydrogen-bond donors (Lipinski definition) is 3. The molecule has 0 fully saturated rings. The van der Waals surface area contributed by atoms with Crippen LogP contribution in [-0.4, -0.2) is 62.4 Å². The van der Waals surface area contributed by atoms with Gasteiger partial charge in [0.05, 0.1) is 19.0 Å². The highest BCUT2D eigenvalue weighted by Gasteiger charge is 2.13. The third kappa shape index (κ3) is 6.82. The molecule has 0 atom stereocenters. The van der Waals surface area contributed by atoms with Crippen molar-refractivity contribution in [1.29, 1.82) is 0 Å². The second kappa shape index (κ2) is 12.2. The maximum Gasteiger partial charge on any atom is 0.224 e. The number of carbonyl (C=O) groups excluding carboxylic acids is 1. The van der Waals surface area contributed by atoms with Gasteiger partial charge in [0, 0.05) is 30.8 Å². The first-order valence-electron chi connectivity index (χ1n) is 11.4. The van der Waals surface area contributed by atoms with E-state index in [0.717, 1.165) is 46.8 Å². The monoisotopic (exact) mass is 465 g/mol. The van der Waals surface area contributed by atoms with Gasteiger partial charge in [-0.2, -0.15) is 5.10 Å². The molecule has 3 N–H and O–H groups in total. The lowest BCUT2D eigenvalue weighted by molar-refractivity contribution is -0.116. The highest BCUT2D eigenvalue weighted by Crippen LogP contribution is 2.32. The highest BCUT2D eigenvalue weighted by atomic mass is 16.5. The van der Waals surface area contributed by atoms with Gasteiger partial charge in [0.1, 0.15) is 18.1 Å². The van der Waals surface area contributed by atoms with Gasteiger partial charge >= 0.3 is 0 Å². The molecule has 1 aromatic heterocycles. The molecule has 0 aliphatic carbocycles. The Hall–Kier alpha value is -3.36. The summed E-state index contributed by atoms with van der Waals surface area (Å²) in [6.07, 6.45) is 2.76. The maximum absolute atomic E-state index is 12.9. The van der Waals surface area contributed by atoms with Crippen LogP contribution in [0, 0.1) is 6.92 Å². The Morgan fingerprint density at radius 1 is 1.15 bits per heavy atom. The molecule has 0 saturated heterocycles. The van der Waals surface area contributed by atoms with Gasteiger partial charge < -0.3 is 25.0 Å². The van der Waals surface area contributed by atoms with Crippen molar-refractivity contribution in [1.82, 2.24) is 20.4 Å². The van der Waals surface area contributed by atoms with E-state index >= 15 is 0 Å². The van der Waals surface area contributed by atoms with E-state index in [1.54, 1.807) is 13.3 Å². The molecule has 182 valence electrons. The Balaban J connectivity index is 1.74. The second-order valence-electron chi connectivity index (χ2n) is 8.48. The molecule has 1 heterocycles. The normalized spacial score (nSPS) is 11.0. The standard InChI is InChI=1S/C26H35N5O3/c1-18-23(17-28-30-18)20-7-10-24(25(15-20)34-13-12-31(3)4)29-26(32)11-8-19-14-22(33-5)9-6-21(19)16-27-2/h6-7,9-10,14-15,17,27H,8,11-13,16H2,1-5H3,(H,28,30)(H,29,32). The molecular weight excluding hydrogens is 430 g/mol. The van der Waals surface area contributed by atoms with Gasteiger partial charge in [-0.25, -0.2) is 0 Å². The molecule has 8 heteroatoms. The number of rotatable bonds is 12. The quantitative estimate of drug-likeness (QED) is 0.378. The van der Waals surface area contributed by atoms with Gasteiger partial charge in [-0.1, -0.05) is 12.1 Å². The zero-order chi connectivity index (χ0) is 24.5. The van der Waals surface area contributed by atoms with Gasteiger partial charge in [-0.15, -0.1) is 0 Å². The molecule has 34 heavy (non-hydrogen) atoms. The van der Waals surface area contributed by atoms with Crippen LogP contribution in [0.4, 0.5) is 5.69 Å². The number of nitrogens with zero attached hydrogens (tertiary/aromatic N) is 2. The van der Waals surface area contributed by atoms with Crippen LogP contribution in [0.25, 0.3) is 11.1 Å². The number of carbonyl (C=O) groups is 1. The zero-order valence-corrected chi connectivity index (χ0v) is 20.7. The predicted octanol–water partition coefficient (Wildman–Crippen LogP) is 3.62. The molecule has 0 aliphatic rings. The topological polar surface area (TPSA) is 91.5 Å². The lowest BCUT2D eigenvalue weighted by Crippen LogP contribution is -2.20. The average Bonchev–Trinajstić information content (AvgIpc) is 3.25. The Morgan fingerprint density at radius 3 is 2.65 bits per heavy atom. The SMILES string of the molecule is CNCc1ccc(OC)cc1CCC(=O)Nc1ccc(-c2cn[nH]c2C)cc1OCCN(C)C. The Bertz CT molecular complexity index is 1090. The van der Waals surface area contributed by atoms with Gasteiger partial charge in [0.2, 0.25) is 5.91 Å². The summed E-state index contributed by atoms with van der Waals surface area (Å²) in [5, 5.41) is 13.3. The number of likely N-dealkylation sites (N-methyl/N-ethyl adjacent to an activating group) is 1. The fourth-order valence-electron chi connectivity index (χ4n) is 3.68. The van der Waals surface area contributed by atoms with Gasteiger partial charge in [-0.3, -0.25) is 9.89 Å². The summed E-state index contributed by atoms with van der Waals surface area (Å²) in [4.78, 5) is 14.9. The minimum absolute atomic E-state index is 0.0667. The Kier molecular flexibility index (Phi) is 9.07. The van der Waals surface area contributed by atoms with E-state index in [1.807, 2.05) is 64.5 Å². The summed E-state index contributed by atoms with van der Waals surface area (Å²) in [6.45, 7) is 4.00. The van der Waals surface area contributed by atoms with Crippen LogP contribution in [0.3, 0.4) is 0 Å². The predicted molar refractivity (Wildman–Crippen MR) is 136 cm³/mol. The van der Waals surface area contributed by atoms with E-state index in [2.05, 4.69) is 25.7 Å².